The molecule has 0 aliphatic carbocycles. The maximum absolute atomic E-state index is 4.71. The molecule has 0 fully saturated rings. The van der Waals surface area contributed by atoms with Crippen LogP contribution < -0.4 is 0 Å². The van der Waals surface area contributed by atoms with Gasteiger partial charge in [-0.3, -0.25) is 4.98 Å². The fourth-order valence-electron chi connectivity index (χ4n) is 2.85. The maximum atomic E-state index is 4.71. The molecule has 3 aromatic heterocycles. The zero-order valence-corrected chi connectivity index (χ0v) is 15.5. The number of hydrogen-bond acceptors (Lipinski definition) is 5. The minimum absolute atomic E-state index is 0.835. The summed E-state index contributed by atoms with van der Waals surface area (Å²) in [5.41, 5.74) is 3.62. The summed E-state index contributed by atoms with van der Waals surface area (Å²) in [6.07, 6.45) is 1.86. The van der Waals surface area contributed by atoms with Gasteiger partial charge in [0.25, 0.3) is 0 Å². The summed E-state index contributed by atoms with van der Waals surface area (Å²) < 4.78 is 0. The highest BCUT2D eigenvalue weighted by molar-refractivity contribution is 7.98. The van der Waals surface area contributed by atoms with Gasteiger partial charge < -0.3 is 0 Å². The summed E-state index contributed by atoms with van der Waals surface area (Å²) in [4.78, 5) is 16.3. The van der Waals surface area contributed by atoms with Crippen molar-refractivity contribution in [2.75, 3.05) is 0 Å². The molecule has 0 saturated heterocycles. The van der Waals surface area contributed by atoms with Crippen LogP contribution in [0.25, 0.3) is 21.1 Å². The fourth-order valence-corrected chi connectivity index (χ4v) is 5.10. The lowest BCUT2D eigenvalue weighted by atomic mass is 10.1. The van der Waals surface area contributed by atoms with Gasteiger partial charge in [0.15, 0.2) is 0 Å². The van der Waals surface area contributed by atoms with Crippen LogP contribution in [0.3, 0.4) is 0 Å². The van der Waals surface area contributed by atoms with Gasteiger partial charge in [-0.25, -0.2) is 9.97 Å². The number of benzene rings is 1. The lowest BCUT2D eigenvalue weighted by molar-refractivity contribution is 1.01. The van der Waals surface area contributed by atoms with Crippen LogP contribution in [0.2, 0.25) is 0 Å². The number of thioether (sulfide) groups is 1. The quantitative estimate of drug-likeness (QED) is 0.363. The first-order chi connectivity index (χ1) is 11.6. The predicted molar refractivity (Wildman–Crippen MR) is 103 cm³/mol. The van der Waals surface area contributed by atoms with Crippen molar-refractivity contribution < 1.29 is 0 Å². The van der Waals surface area contributed by atoms with Crippen LogP contribution in [-0.2, 0) is 5.75 Å². The number of pyridine rings is 1. The van der Waals surface area contributed by atoms with Gasteiger partial charge in [-0.1, -0.05) is 24.3 Å². The summed E-state index contributed by atoms with van der Waals surface area (Å²) in [6, 6.07) is 10.4. The van der Waals surface area contributed by atoms with Crippen molar-refractivity contribution in [2.45, 2.75) is 31.6 Å². The van der Waals surface area contributed by atoms with E-state index in [1.807, 2.05) is 19.2 Å². The minimum atomic E-state index is 0.835. The topological polar surface area (TPSA) is 38.7 Å². The molecule has 120 valence electrons. The van der Waals surface area contributed by atoms with Crippen molar-refractivity contribution in [3.63, 3.8) is 0 Å². The zero-order chi connectivity index (χ0) is 16.7. The number of hydrogen-bond donors (Lipinski definition) is 0. The van der Waals surface area contributed by atoms with Crippen molar-refractivity contribution >= 4 is 44.2 Å². The first kappa shape index (κ1) is 15.5. The second kappa shape index (κ2) is 6.15. The molecule has 3 nitrogen and oxygen atoms in total. The Kier molecular flexibility index (Phi) is 3.98. The third-order valence-corrected chi connectivity index (χ3v) is 6.31. The molecule has 0 saturated carbocycles. The Hall–Kier alpha value is -1.98. The van der Waals surface area contributed by atoms with Crippen molar-refractivity contribution in [2.24, 2.45) is 0 Å². The molecular formula is C19H17N3S2. The molecule has 0 aliphatic rings. The van der Waals surface area contributed by atoms with E-state index in [1.54, 1.807) is 23.1 Å². The van der Waals surface area contributed by atoms with Gasteiger partial charge in [-0.2, -0.15) is 0 Å². The summed E-state index contributed by atoms with van der Waals surface area (Å²) in [5.74, 6) is 1.69. The molecule has 5 heteroatoms. The molecule has 4 aromatic rings. The smallest absolute Gasteiger partial charge is 0.128 e. The number of thiophene rings is 1. The highest BCUT2D eigenvalue weighted by atomic mass is 32.2. The van der Waals surface area contributed by atoms with E-state index in [0.717, 1.165) is 27.0 Å². The average molecular weight is 352 g/mol. The molecule has 0 amide bonds. The lowest BCUT2D eigenvalue weighted by Crippen LogP contribution is -1.93. The van der Waals surface area contributed by atoms with E-state index in [4.69, 9.17) is 4.98 Å². The van der Waals surface area contributed by atoms with E-state index in [0.29, 0.717) is 0 Å². The molecule has 1 aromatic carbocycles. The van der Waals surface area contributed by atoms with Gasteiger partial charge in [0, 0.05) is 27.6 Å². The standard InChI is InChI=1S/C19H17N3S2/c1-11-12(2)24-19-16(11)18(21-13(3)22-19)23-10-15-7-4-6-14-8-5-9-20-17(14)15/h4-9H,10H2,1-3H3. The Labute approximate surface area is 149 Å². The molecule has 0 N–H and O–H groups in total. The second-order valence-corrected chi connectivity index (χ2v) is 7.99. The SMILES string of the molecule is Cc1nc(SCc2cccc3cccnc23)c2c(C)c(C)sc2n1. The molecule has 3 heterocycles. The number of para-hydroxylation sites is 1. The fraction of sp³-hybridized carbons (Fsp3) is 0.211. The van der Waals surface area contributed by atoms with E-state index < -0.39 is 0 Å². The summed E-state index contributed by atoms with van der Waals surface area (Å²) in [7, 11) is 0. The van der Waals surface area contributed by atoms with Crippen LogP contribution in [0.5, 0.6) is 0 Å². The summed E-state index contributed by atoms with van der Waals surface area (Å²) in [5, 5.41) is 3.47. The van der Waals surface area contributed by atoms with Crippen LogP contribution in [0.1, 0.15) is 21.8 Å². The van der Waals surface area contributed by atoms with Crippen molar-refractivity contribution in [1.29, 1.82) is 0 Å². The van der Waals surface area contributed by atoms with Crippen LogP contribution in [0.15, 0.2) is 41.6 Å². The minimum Gasteiger partial charge on any atom is -0.256 e. The molecule has 0 aliphatic heterocycles. The molecule has 0 unspecified atom stereocenters. The second-order valence-electron chi connectivity index (χ2n) is 5.82. The van der Waals surface area contributed by atoms with Crippen molar-refractivity contribution in [3.8, 4) is 0 Å². The Morgan fingerprint density at radius 2 is 1.88 bits per heavy atom. The highest BCUT2D eigenvalue weighted by Gasteiger charge is 2.14. The van der Waals surface area contributed by atoms with E-state index in [1.165, 1.54) is 26.8 Å². The third kappa shape index (κ3) is 2.68. The first-order valence-corrected chi connectivity index (χ1v) is 9.63. The Morgan fingerprint density at radius 1 is 1.04 bits per heavy atom. The van der Waals surface area contributed by atoms with Crippen molar-refractivity contribution in [3.05, 3.63) is 58.4 Å². The molecule has 4 rings (SSSR count). The number of aryl methyl sites for hydroxylation is 3. The molecule has 0 atom stereocenters. The normalized spacial score (nSPS) is 11.5. The molecule has 0 bridgehead atoms. The molecule has 24 heavy (non-hydrogen) atoms. The monoisotopic (exact) mass is 351 g/mol. The zero-order valence-electron chi connectivity index (χ0n) is 13.8. The molecule has 0 radical (unpaired) electrons. The number of fused-ring (bicyclic) bond motifs is 2. The third-order valence-electron chi connectivity index (χ3n) is 4.19. The number of aromatic nitrogens is 3. The molecule has 0 spiro atoms. The first-order valence-electron chi connectivity index (χ1n) is 7.83. The van der Waals surface area contributed by atoms with Crippen LogP contribution in [0, 0.1) is 20.8 Å². The van der Waals surface area contributed by atoms with E-state index in [-0.39, 0.29) is 0 Å². The Bertz CT molecular complexity index is 1050. The van der Waals surface area contributed by atoms with Gasteiger partial charge in [-0.05, 0) is 38.0 Å². The molecular weight excluding hydrogens is 334 g/mol. The van der Waals surface area contributed by atoms with Crippen LogP contribution >= 0.6 is 23.1 Å². The lowest BCUT2D eigenvalue weighted by Gasteiger charge is -2.07. The largest absolute Gasteiger partial charge is 0.256 e. The van der Waals surface area contributed by atoms with Crippen molar-refractivity contribution in [1.82, 2.24) is 15.0 Å². The van der Waals surface area contributed by atoms with Gasteiger partial charge >= 0.3 is 0 Å². The van der Waals surface area contributed by atoms with Gasteiger partial charge in [0.2, 0.25) is 0 Å². The van der Waals surface area contributed by atoms with E-state index >= 15 is 0 Å². The van der Waals surface area contributed by atoms with Gasteiger partial charge in [0.1, 0.15) is 15.7 Å². The predicted octanol–water partition coefficient (Wildman–Crippen LogP) is 5.46. The highest BCUT2D eigenvalue weighted by Crippen LogP contribution is 2.36. The van der Waals surface area contributed by atoms with Gasteiger partial charge in [0.05, 0.1) is 5.52 Å². The maximum Gasteiger partial charge on any atom is 0.128 e. The summed E-state index contributed by atoms with van der Waals surface area (Å²) in [6.45, 7) is 6.28. The van der Waals surface area contributed by atoms with E-state index in [2.05, 4.69) is 48.1 Å². The number of nitrogens with zero attached hydrogens (tertiary/aromatic N) is 3. The Balaban J connectivity index is 1.74. The van der Waals surface area contributed by atoms with Crippen LogP contribution in [-0.4, -0.2) is 15.0 Å². The van der Waals surface area contributed by atoms with E-state index in [9.17, 15) is 0 Å². The Morgan fingerprint density at radius 3 is 2.75 bits per heavy atom. The summed E-state index contributed by atoms with van der Waals surface area (Å²) >= 11 is 3.53. The van der Waals surface area contributed by atoms with Gasteiger partial charge in [-0.15, -0.1) is 23.1 Å². The average Bonchev–Trinajstić information content (AvgIpc) is 2.86. The van der Waals surface area contributed by atoms with Crippen LogP contribution in [0.4, 0.5) is 0 Å². The number of rotatable bonds is 3.